The van der Waals surface area contributed by atoms with E-state index >= 15 is 0 Å². The van der Waals surface area contributed by atoms with E-state index in [4.69, 9.17) is 11.6 Å². The summed E-state index contributed by atoms with van der Waals surface area (Å²) >= 11 is 5.83. The van der Waals surface area contributed by atoms with Gasteiger partial charge in [-0.2, -0.15) is 0 Å². The van der Waals surface area contributed by atoms with Crippen molar-refractivity contribution in [1.29, 1.82) is 0 Å². The molecule has 0 amide bonds. The highest BCUT2D eigenvalue weighted by Gasteiger charge is 2.06. The van der Waals surface area contributed by atoms with Crippen LogP contribution in [0.25, 0.3) is 0 Å². The number of halogens is 1. The second-order valence-corrected chi connectivity index (χ2v) is 5.06. The molecule has 0 aliphatic heterocycles. The topological polar surface area (TPSA) is 17.8 Å². The average molecular weight is 263 g/mol. The van der Waals surface area contributed by atoms with Gasteiger partial charge in [0, 0.05) is 31.2 Å². The van der Waals surface area contributed by atoms with Crippen LogP contribution in [0.3, 0.4) is 0 Å². The number of hydrogen-bond donors (Lipinski definition) is 0. The van der Waals surface area contributed by atoms with E-state index in [1.54, 1.807) is 0 Å². The molecule has 1 heterocycles. The molecule has 0 radical (unpaired) electrons. The third kappa shape index (κ3) is 3.61. The Labute approximate surface area is 114 Å². The molecule has 0 N–H and O–H groups in total. The maximum Gasteiger partial charge on any atom is 0.108 e. The fraction of sp³-hybridized carbons (Fsp3) is 0.400. The minimum Gasteiger partial charge on any atom is -0.331 e. The molecule has 96 valence electrons. The van der Waals surface area contributed by atoms with Crippen molar-refractivity contribution < 1.29 is 0 Å². The molecular weight excluding hydrogens is 244 g/mol. The Morgan fingerprint density at radius 1 is 1.28 bits per heavy atom. The first-order valence-electron chi connectivity index (χ1n) is 6.39. The fourth-order valence-corrected chi connectivity index (χ4v) is 2.10. The SMILES string of the molecule is CC(CCl)CCc1nccn1Cc1ccccc1. The molecule has 0 bridgehead atoms. The molecule has 18 heavy (non-hydrogen) atoms. The van der Waals surface area contributed by atoms with Gasteiger partial charge in [-0.3, -0.25) is 0 Å². The zero-order valence-corrected chi connectivity index (χ0v) is 11.5. The molecule has 2 aromatic rings. The van der Waals surface area contributed by atoms with E-state index in [0.717, 1.165) is 31.1 Å². The molecule has 1 unspecified atom stereocenters. The normalized spacial score (nSPS) is 12.6. The van der Waals surface area contributed by atoms with Crippen molar-refractivity contribution in [3.63, 3.8) is 0 Å². The summed E-state index contributed by atoms with van der Waals surface area (Å²) in [6.45, 7) is 3.07. The van der Waals surface area contributed by atoms with Crippen LogP contribution in [0.15, 0.2) is 42.7 Å². The first-order chi connectivity index (χ1) is 8.79. The number of hydrogen-bond acceptors (Lipinski definition) is 1. The quantitative estimate of drug-likeness (QED) is 0.725. The van der Waals surface area contributed by atoms with E-state index in [9.17, 15) is 0 Å². The van der Waals surface area contributed by atoms with Gasteiger partial charge in [0.25, 0.3) is 0 Å². The molecule has 0 spiro atoms. The van der Waals surface area contributed by atoms with Crippen LogP contribution in [0.1, 0.15) is 24.7 Å². The lowest BCUT2D eigenvalue weighted by atomic mass is 10.1. The van der Waals surface area contributed by atoms with Crippen LogP contribution in [0.5, 0.6) is 0 Å². The molecule has 1 atom stereocenters. The van der Waals surface area contributed by atoms with Crippen LogP contribution in [-0.4, -0.2) is 15.4 Å². The van der Waals surface area contributed by atoms with Gasteiger partial charge in [0.05, 0.1) is 0 Å². The Morgan fingerprint density at radius 3 is 2.78 bits per heavy atom. The fourth-order valence-electron chi connectivity index (χ4n) is 1.94. The first kappa shape index (κ1) is 13.2. The molecule has 0 fully saturated rings. The summed E-state index contributed by atoms with van der Waals surface area (Å²) in [5, 5.41) is 0. The average Bonchev–Trinajstić information content (AvgIpc) is 2.84. The molecule has 2 rings (SSSR count). The number of benzene rings is 1. The predicted molar refractivity (Wildman–Crippen MR) is 76.0 cm³/mol. The monoisotopic (exact) mass is 262 g/mol. The third-order valence-electron chi connectivity index (χ3n) is 3.12. The second kappa shape index (κ2) is 6.60. The van der Waals surface area contributed by atoms with Gasteiger partial charge in [0.2, 0.25) is 0 Å². The summed E-state index contributed by atoms with van der Waals surface area (Å²) in [7, 11) is 0. The summed E-state index contributed by atoms with van der Waals surface area (Å²) in [5.41, 5.74) is 1.31. The Balaban J connectivity index is 1.99. The van der Waals surface area contributed by atoms with Crippen molar-refractivity contribution >= 4 is 11.6 Å². The minimum atomic E-state index is 0.550. The Bertz CT molecular complexity index is 464. The molecular formula is C15H19ClN2. The van der Waals surface area contributed by atoms with E-state index < -0.39 is 0 Å². The summed E-state index contributed by atoms with van der Waals surface area (Å²) in [4.78, 5) is 4.44. The number of nitrogens with zero attached hydrogens (tertiary/aromatic N) is 2. The maximum atomic E-state index is 5.83. The van der Waals surface area contributed by atoms with Crippen LogP contribution in [0.4, 0.5) is 0 Å². The molecule has 3 heteroatoms. The molecule has 0 aliphatic carbocycles. The van der Waals surface area contributed by atoms with Gasteiger partial charge in [-0.25, -0.2) is 4.98 Å². The second-order valence-electron chi connectivity index (χ2n) is 4.76. The van der Waals surface area contributed by atoms with Crippen molar-refractivity contribution in [1.82, 2.24) is 9.55 Å². The van der Waals surface area contributed by atoms with Gasteiger partial charge in [-0.15, -0.1) is 11.6 Å². The smallest absolute Gasteiger partial charge is 0.108 e. The molecule has 0 saturated carbocycles. The predicted octanol–water partition coefficient (Wildman–Crippen LogP) is 3.74. The van der Waals surface area contributed by atoms with Crippen LogP contribution in [-0.2, 0) is 13.0 Å². The largest absolute Gasteiger partial charge is 0.331 e. The van der Waals surface area contributed by atoms with Gasteiger partial charge in [0.15, 0.2) is 0 Å². The van der Waals surface area contributed by atoms with Crippen LogP contribution >= 0.6 is 11.6 Å². The Hall–Kier alpha value is -1.28. The first-order valence-corrected chi connectivity index (χ1v) is 6.93. The van der Waals surface area contributed by atoms with Gasteiger partial charge < -0.3 is 4.57 Å². The Morgan fingerprint density at radius 2 is 2.06 bits per heavy atom. The molecule has 2 nitrogen and oxygen atoms in total. The maximum absolute atomic E-state index is 5.83. The standard InChI is InChI=1S/C15H19ClN2/c1-13(11-16)7-8-15-17-9-10-18(15)12-14-5-3-2-4-6-14/h2-6,9-10,13H,7-8,11-12H2,1H3. The van der Waals surface area contributed by atoms with Crippen molar-refractivity contribution in [3.05, 3.63) is 54.1 Å². The highest BCUT2D eigenvalue weighted by atomic mass is 35.5. The van der Waals surface area contributed by atoms with Crippen molar-refractivity contribution in [3.8, 4) is 0 Å². The number of imidazole rings is 1. The van der Waals surface area contributed by atoms with Crippen molar-refractivity contribution in [2.75, 3.05) is 5.88 Å². The van der Waals surface area contributed by atoms with Gasteiger partial charge in [-0.05, 0) is 17.9 Å². The number of aromatic nitrogens is 2. The summed E-state index contributed by atoms with van der Waals surface area (Å²) in [6.07, 6.45) is 6.01. The molecule has 1 aromatic carbocycles. The lowest BCUT2D eigenvalue weighted by molar-refractivity contribution is 0.566. The summed E-state index contributed by atoms with van der Waals surface area (Å²) in [5.74, 6) is 2.42. The van der Waals surface area contributed by atoms with E-state index in [2.05, 4.69) is 40.7 Å². The summed E-state index contributed by atoms with van der Waals surface area (Å²) < 4.78 is 2.22. The zero-order valence-electron chi connectivity index (χ0n) is 10.7. The number of alkyl halides is 1. The van der Waals surface area contributed by atoms with E-state index in [1.165, 1.54) is 5.56 Å². The Kier molecular flexibility index (Phi) is 4.82. The molecule has 0 aliphatic rings. The number of aryl methyl sites for hydroxylation is 1. The van der Waals surface area contributed by atoms with E-state index in [0.29, 0.717) is 5.92 Å². The minimum absolute atomic E-state index is 0.550. The highest BCUT2D eigenvalue weighted by molar-refractivity contribution is 6.18. The van der Waals surface area contributed by atoms with Gasteiger partial charge in [0.1, 0.15) is 5.82 Å². The van der Waals surface area contributed by atoms with Crippen molar-refractivity contribution in [2.45, 2.75) is 26.3 Å². The van der Waals surface area contributed by atoms with Crippen LogP contribution in [0.2, 0.25) is 0 Å². The van der Waals surface area contributed by atoms with Crippen LogP contribution < -0.4 is 0 Å². The highest BCUT2D eigenvalue weighted by Crippen LogP contribution is 2.11. The third-order valence-corrected chi connectivity index (χ3v) is 3.65. The van der Waals surface area contributed by atoms with Crippen molar-refractivity contribution in [2.24, 2.45) is 5.92 Å². The molecule has 0 saturated heterocycles. The lowest BCUT2D eigenvalue weighted by Crippen LogP contribution is -2.07. The van der Waals surface area contributed by atoms with E-state index in [1.807, 2.05) is 18.5 Å². The van der Waals surface area contributed by atoms with Gasteiger partial charge in [-0.1, -0.05) is 37.3 Å². The molecule has 1 aromatic heterocycles. The van der Waals surface area contributed by atoms with Crippen LogP contribution in [0, 0.1) is 5.92 Å². The summed E-state index contributed by atoms with van der Waals surface area (Å²) in [6, 6.07) is 10.5. The van der Waals surface area contributed by atoms with E-state index in [-0.39, 0.29) is 0 Å². The number of rotatable bonds is 6. The zero-order chi connectivity index (χ0) is 12.8. The lowest BCUT2D eigenvalue weighted by Gasteiger charge is -2.10. The van der Waals surface area contributed by atoms with Gasteiger partial charge >= 0.3 is 0 Å².